The van der Waals surface area contributed by atoms with E-state index in [9.17, 15) is 8.42 Å². The molecule has 4 aromatic rings. The molecule has 13 heteroatoms. The summed E-state index contributed by atoms with van der Waals surface area (Å²) in [6.45, 7) is 7.92. The lowest BCUT2D eigenvalue weighted by atomic mass is 9.74. The van der Waals surface area contributed by atoms with Gasteiger partial charge >= 0.3 is 0 Å². The van der Waals surface area contributed by atoms with Crippen molar-refractivity contribution in [1.29, 1.82) is 0 Å². The molecule has 3 aromatic heterocycles. The maximum absolute atomic E-state index is 12.4. The average Bonchev–Trinajstić information content (AvgIpc) is 3.25. The van der Waals surface area contributed by atoms with Gasteiger partial charge in [-0.2, -0.15) is 5.10 Å². The van der Waals surface area contributed by atoms with Crippen LogP contribution in [-0.4, -0.2) is 69.3 Å². The molecule has 10 nitrogen and oxygen atoms in total. The number of pyridine rings is 1. The third kappa shape index (κ3) is 4.61. The van der Waals surface area contributed by atoms with Crippen LogP contribution in [0.1, 0.15) is 32.4 Å². The first kappa shape index (κ1) is 26.2. The van der Waals surface area contributed by atoms with Crippen LogP contribution in [0, 0.1) is 5.41 Å². The van der Waals surface area contributed by atoms with Gasteiger partial charge in [0.05, 0.1) is 20.8 Å². The molecule has 5 heterocycles. The Labute approximate surface area is 236 Å². The van der Waals surface area contributed by atoms with Gasteiger partial charge in [0.15, 0.2) is 0 Å². The highest BCUT2D eigenvalue weighted by Crippen LogP contribution is 2.43. The summed E-state index contributed by atoms with van der Waals surface area (Å²) in [4.78, 5) is 15.2. The van der Waals surface area contributed by atoms with Gasteiger partial charge in [0.25, 0.3) is 0 Å². The number of aromatic nitrogens is 5. The molecule has 0 radical (unpaired) electrons. The molecular weight excluding hydrogens is 561 g/mol. The van der Waals surface area contributed by atoms with E-state index >= 15 is 0 Å². The highest BCUT2D eigenvalue weighted by molar-refractivity contribution is 7.89. The number of hydrogen-bond donors (Lipinski definition) is 1. The fourth-order valence-corrected chi connectivity index (χ4v) is 7.43. The maximum atomic E-state index is 12.4. The van der Waals surface area contributed by atoms with Gasteiger partial charge in [0.2, 0.25) is 16.0 Å². The summed E-state index contributed by atoms with van der Waals surface area (Å²) in [6, 6.07) is 5.67. The van der Waals surface area contributed by atoms with Crippen molar-refractivity contribution in [3.8, 4) is 17.0 Å². The molecule has 2 aliphatic heterocycles. The zero-order valence-electron chi connectivity index (χ0n) is 21.6. The number of nitrogens with one attached hydrogen (secondary N) is 1. The number of sulfonamides is 1. The van der Waals surface area contributed by atoms with E-state index in [0.717, 1.165) is 29.6 Å². The van der Waals surface area contributed by atoms with Crippen molar-refractivity contribution < 1.29 is 13.2 Å². The molecule has 0 bridgehead atoms. The van der Waals surface area contributed by atoms with Gasteiger partial charge in [-0.15, -0.1) is 0 Å². The Hall–Kier alpha value is -2.99. The van der Waals surface area contributed by atoms with Crippen molar-refractivity contribution in [3.05, 3.63) is 58.6 Å². The highest BCUT2D eigenvalue weighted by atomic mass is 35.5. The second-order valence-corrected chi connectivity index (χ2v) is 13.8. The Morgan fingerprint density at radius 3 is 2.31 bits per heavy atom. The number of anilines is 1. The third-order valence-corrected chi connectivity index (χ3v) is 10.1. The minimum absolute atomic E-state index is 0.000637. The largest absolute Gasteiger partial charge is 0.486 e. The van der Waals surface area contributed by atoms with E-state index in [1.165, 1.54) is 0 Å². The molecular formula is C26H27Cl2N7O3S. The zero-order valence-corrected chi connectivity index (χ0v) is 23.9. The predicted octanol–water partition coefficient (Wildman–Crippen LogP) is 4.72. The number of ether oxygens (including phenoxy) is 1. The molecule has 1 aromatic carbocycles. The molecule has 2 saturated heterocycles. The first-order valence-electron chi connectivity index (χ1n) is 12.6. The molecule has 1 spiro atoms. The summed E-state index contributed by atoms with van der Waals surface area (Å²) >= 11 is 12.6. The summed E-state index contributed by atoms with van der Waals surface area (Å²) in [5, 5.41) is 8.89. The van der Waals surface area contributed by atoms with Gasteiger partial charge in [-0.05, 0) is 39.0 Å². The fourth-order valence-electron chi connectivity index (χ4n) is 5.25. The Morgan fingerprint density at radius 2 is 1.67 bits per heavy atom. The van der Waals surface area contributed by atoms with Crippen LogP contribution in [0.2, 0.25) is 10.0 Å². The van der Waals surface area contributed by atoms with E-state index in [4.69, 9.17) is 27.9 Å². The van der Waals surface area contributed by atoms with Crippen molar-refractivity contribution in [2.24, 2.45) is 5.41 Å². The van der Waals surface area contributed by atoms with Crippen LogP contribution in [0.25, 0.3) is 22.2 Å². The SMILES string of the molecule is CC(Oc1ccc2[nH]nc(-c3cnc(N4CC5(C4)CN(S(=O)(=O)C(C)C)C5)nc3)c2c1)c1c(Cl)cncc1Cl. The molecule has 0 aliphatic carbocycles. The Bertz CT molecular complexity index is 1630. The molecule has 2 aliphatic rings. The van der Waals surface area contributed by atoms with Crippen molar-refractivity contribution in [3.63, 3.8) is 0 Å². The summed E-state index contributed by atoms with van der Waals surface area (Å²) in [7, 11) is -3.20. The number of benzene rings is 1. The van der Waals surface area contributed by atoms with Crippen LogP contribution in [0.15, 0.2) is 43.0 Å². The smallest absolute Gasteiger partial charge is 0.225 e. The number of H-pyrrole nitrogens is 1. The van der Waals surface area contributed by atoms with Crippen LogP contribution >= 0.6 is 23.2 Å². The minimum Gasteiger partial charge on any atom is -0.486 e. The fraction of sp³-hybridized carbons (Fsp3) is 0.385. The van der Waals surface area contributed by atoms with Crippen molar-refractivity contribution in [2.75, 3.05) is 31.1 Å². The zero-order chi connectivity index (χ0) is 27.5. The van der Waals surface area contributed by atoms with Gasteiger partial charge in [0, 0.05) is 72.9 Å². The first-order chi connectivity index (χ1) is 18.6. The minimum atomic E-state index is -3.20. The Balaban J connectivity index is 1.15. The van der Waals surface area contributed by atoms with E-state index in [-0.39, 0.29) is 5.41 Å². The van der Waals surface area contributed by atoms with Gasteiger partial charge < -0.3 is 9.64 Å². The number of nitrogens with zero attached hydrogens (tertiary/aromatic N) is 6. The molecule has 39 heavy (non-hydrogen) atoms. The summed E-state index contributed by atoms with van der Waals surface area (Å²) < 4.78 is 32.5. The number of rotatable bonds is 7. The molecule has 1 atom stereocenters. The van der Waals surface area contributed by atoms with Crippen LogP contribution in [-0.2, 0) is 10.0 Å². The quantitative estimate of drug-likeness (QED) is 0.330. The molecule has 6 rings (SSSR count). The molecule has 0 saturated carbocycles. The summed E-state index contributed by atoms with van der Waals surface area (Å²) in [6.07, 6.45) is 6.21. The second-order valence-electron chi connectivity index (χ2n) is 10.5. The van der Waals surface area contributed by atoms with Crippen LogP contribution in [0.3, 0.4) is 0 Å². The van der Waals surface area contributed by atoms with Crippen LogP contribution < -0.4 is 9.64 Å². The van der Waals surface area contributed by atoms with Gasteiger partial charge in [-0.1, -0.05) is 23.2 Å². The molecule has 2 fully saturated rings. The average molecular weight is 589 g/mol. The Morgan fingerprint density at radius 1 is 1.00 bits per heavy atom. The van der Waals surface area contributed by atoms with Crippen LogP contribution in [0.4, 0.5) is 5.95 Å². The van der Waals surface area contributed by atoms with E-state index in [1.54, 1.807) is 42.9 Å². The van der Waals surface area contributed by atoms with Crippen molar-refractivity contribution >= 4 is 50.1 Å². The number of fused-ring (bicyclic) bond motifs is 1. The van der Waals surface area contributed by atoms with Gasteiger partial charge in [0.1, 0.15) is 17.5 Å². The van der Waals surface area contributed by atoms with Crippen molar-refractivity contribution in [1.82, 2.24) is 29.5 Å². The molecule has 1 unspecified atom stereocenters. The maximum Gasteiger partial charge on any atom is 0.225 e. The normalized spacial score (nSPS) is 17.8. The predicted molar refractivity (Wildman–Crippen MR) is 151 cm³/mol. The van der Waals surface area contributed by atoms with E-state index < -0.39 is 21.4 Å². The molecule has 1 N–H and O–H groups in total. The standard InChI is InChI=1S/C26H27Cl2N7O3S/c1-15(2)39(36,37)35-13-26(14-35)11-34(12-26)25-30-7-17(8-31-25)24-19-6-18(4-5-22(19)32-33-24)38-16(3)23-20(27)9-29-10-21(23)28/h4-10,15-16H,11-14H2,1-3H3,(H,32,33). The Kier molecular flexibility index (Phi) is 6.45. The first-order valence-corrected chi connectivity index (χ1v) is 14.8. The number of aromatic amines is 1. The van der Waals surface area contributed by atoms with Crippen molar-refractivity contribution in [2.45, 2.75) is 32.1 Å². The lowest BCUT2D eigenvalue weighted by Crippen LogP contribution is -2.73. The van der Waals surface area contributed by atoms with E-state index in [1.807, 2.05) is 25.1 Å². The summed E-state index contributed by atoms with van der Waals surface area (Å²) in [5.41, 5.74) is 3.01. The van der Waals surface area contributed by atoms with E-state index in [0.29, 0.717) is 46.1 Å². The number of hydrogen-bond acceptors (Lipinski definition) is 8. The second kappa shape index (κ2) is 9.58. The highest BCUT2D eigenvalue weighted by Gasteiger charge is 2.56. The summed E-state index contributed by atoms with van der Waals surface area (Å²) in [5.74, 6) is 1.26. The lowest BCUT2D eigenvalue weighted by molar-refractivity contribution is 0.0379. The molecule has 204 valence electrons. The molecule has 0 amide bonds. The van der Waals surface area contributed by atoms with E-state index in [2.05, 4.69) is 30.0 Å². The van der Waals surface area contributed by atoms with Gasteiger partial charge in [-0.25, -0.2) is 22.7 Å². The van der Waals surface area contributed by atoms with Gasteiger partial charge in [-0.3, -0.25) is 10.1 Å². The number of halogens is 2. The third-order valence-electron chi connectivity index (χ3n) is 7.37. The topological polar surface area (TPSA) is 117 Å². The van der Waals surface area contributed by atoms with Crippen LogP contribution in [0.5, 0.6) is 5.75 Å². The monoisotopic (exact) mass is 587 g/mol. The lowest BCUT2D eigenvalue weighted by Gasteiger charge is -2.59.